The van der Waals surface area contributed by atoms with Crippen molar-refractivity contribution < 1.29 is 14.0 Å². The molecule has 2 amide bonds. The molecule has 1 N–H and O–H groups in total. The molecule has 0 aromatic heterocycles. The molecule has 31 heavy (non-hydrogen) atoms. The molecule has 2 aromatic rings. The van der Waals surface area contributed by atoms with Gasteiger partial charge in [-0.2, -0.15) is 11.8 Å². The molecule has 0 bridgehead atoms. The summed E-state index contributed by atoms with van der Waals surface area (Å²) in [7, 11) is 0. The second-order valence-electron chi connectivity index (χ2n) is 7.75. The van der Waals surface area contributed by atoms with Gasteiger partial charge in [-0.15, -0.1) is 0 Å². The highest BCUT2D eigenvalue weighted by molar-refractivity contribution is 7.99. The molecule has 2 aliphatic rings. The summed E-state index contributed by atoms with van der Waals surface area (Å²) in [4.78, 5) is 31.2. The highest BCUT2D eigenvalue weighted by Crippen LogP contribution is 2.20. The molecule has 0 aliphatic carbocycles. The first-order chi connectivity index (χ1) is 15.1. The number of nitrogens with one attached hydrogen (secondary N) is 1. The van der Waals surface area contributed by atoms with Crippen LogP contribution in [0.3, 0.4) is 0 Å². The Labute approximate surface area is 186 Å². The summed E-state index contributed by atoms with van der Waals surface area (Å²) in [6.45, 7) is 4.52. The standard InChI is InChI=1S/C23H27FN4O2S/c24-20-6-1-2-7-21(20)27-10-8-26(9-11-27)17-22(29)25-19-5-3-4-18(16-19)23(30)28-12-14-31-15-13-28/h1-7,16H,8-15,17H2,(H,25,29). The second kappa shape index (κ2) is 10.2. The van der Waals surface area contributed by atoms with E-state index < -0.39 is 0 Å². The van der Waals surface area contributed by atoms with Crippen LogP contribution < -0.4 is 10.2 Å². The van der Waals surface area contributed by atoms with Crippen LogP contribution in [0.1, 0.15) is 10.4 Å². The molecule has 6 nitrogen and oxygen atoms in total. The second-order valence-corrected chi connectivity index (χ2v) is 8.97. The van der Waals surface area contributed by atoms with Crippen molar-refractivity contribution in [2.45, 2.75) is 0 Å². The van der Waals surface area contributed by atoms with Crippen LogP contribution in [-0.4, -0.2) is 78.9 Å². The molecule has 0 spiro atoms. The number of amides is 2. The van der Waals surface area contributed by atoms with E-state index >= 15 is 0 Å². The average molecular weight is 443 g/mol. The lowest BCUT2D eigenvalue weighted by Gasteiger charge is -2.35. The fourth-order valence-electron chi connectivity index (χ4n) is 3.94. The SMILES string of the molecule is O=C(CN1CCN(c2ccccc2F)CC1)Nc1cccc(C(=O)N2CCSCC2)c1. The summed E-state index contributed by atoms with van der Waals surface area (Å²) in [5, 5.41) is 2.91. The molecule has 2 fully saturated rings. The number of anilines is 2. The lowest BCUT2D eigenvalue weighted by Crippen LogP contribution is -2.48. The fourth-order valence-corrected chi connectivity index (χ4v) is 4.84. The largest absolute Gasteiger partial charge is 0.367 e. The van der Waals surface area contributed by atoms with Crippen LogP contribution in [0.4, 0.5) is 15.8 Å². The predicted octanol–water partition coefficient (Wildman–Crippen LogP) is 2.78. The number of halogens is 1. The highest BCUT2D eigenvalue weighted by Gasteiger charge is 2.22. The molecule has 0 atom stereocenters. The Hall–Kier alpha value is -2.58. The van der Waals surface area contributed by atoms with Crippen molar-refractivity contribution >= 4 is 35.0 Å². The van der Waals surface area contributed by atoms with Gasteiger partial charge in [0.05, 0.1) is 12.2 Å². The van der Waals surface area contributed by atoms with Crippen LogP contribution in [0, 0.1) is 5.82 Å². The van der Waals surface area contributed by atoms with E-state index in [1.807, 2.05) is 27.6 Å². The van der Waals surface area contributed by atoms with E-state index in [9.17, 15) is 14.0 Å². The molecule has 2 aliphatic heterocycles. The smallest absolute Gasteiger partial charge is 0.253 e. The Balaban J connectivity index is 1.28. The van der Waals surface area contributed by atoms with E-state index in [1.54, 1.807) is 36.4 Å². The van der Waals surface area contributed by atoms with E-state index in [0.29, 0.717) is 43.1 Å². The quantitative estimate of drug-likeness (QED) is 0.772. The van der Waals surface area contributed by atoms with Crippen LogP contribution in [-0.2, 0) is 4.79 Å². The number of hydrogen-bond acceptors (Lipinski definition) is 5. The van der Waals surface area contributed by atoms with Crippen molar-refractivity contribution in [1.82, 2.24) is 9.80 Å². The zero-order valence-electron chi connectivity index (χ0n) is 17.4. The van der Waals surface area contributed by atoms with Gasteiger partial charge >= 0.3 is 0 Å². The van der Waals surface area contributed by atoms with Crippen LogP contribution >= 0.6 is 11.8 Å². The lowest BCUT2D eigenvalue weighted by molar-refractivity contribution is -0.117. The summed E-state index contributed by atoms with van der Waals surface area (Å²) in [5.74, 6) is 1.61. The molecule has 0 radical (unpaired) electrons. The van der Waals surface area contributed by atoms with Crippen LogP contribution in [0.5, 0.6) is 0 Å². The number of benzene rings is 2. The number of thioether (sulfide) groups is 1. The van der Waals surface area contributed by atoms with Gasteiger partial charge in [0.2, 0.25) is 5.91 Å². The maximum atomic E-state index is 14.0. The number of carbonyl (C=O) groups is 2. The zero-order valence-corrected chi connectivity index (χ0v) is 18.2. The Bertz CT molecular complexity index is 927. The Morgan fingerprint density at radius 2 is 1.68 bits per heavy atom. The van der Waals surface area contributed by atoms with Gasteiger partial charge in [0.15, 0.2) is 0 Å². The summed E-state index contributed by atoms with van der Waals surface area (Å²) in [6.07, 6.45) is 0. The molecule has 0 unspecified atom stereocenters. The van der Waals surface area contributed by atoms with E-state index in [0.717, 1.165) is 24.6 Å². The minimum absolute atomic E-state index is 0.0145. The summed E-state index contributed by atoms with van der Waals surface area (Å²) < 4.78 is 14.0. The molecule has 2 saturated heterocycles. The van der Waals surface area contributed by atoms with Gasteiger partial charge < -0.3 is 15.1 Å². The van der Waals surface area contributed by atoms with Crippen molar-refractivity contribution in [3.8, 4) is 0 Å². The first kappa shape index (κ1) is 21.6. The highest BCUT2D eigenvalue weighted by atomic mass is 32.2. The van der Waals surface area contributed by atoms with Crippen molar-refractivity contribution in [3.63, 3.8) is 0 Å². The number of rotatable bonds is 5. The van der Waals surface area contributed by atoms with Gasteiger partial charge in [-0.05, 0) is 30.3 Å². The normalized spacial score (nSPS) is 17.5. The Morgan fingerprint density at radius 3 is 2.42 bits per heavy atom. The van der Waals surface area contributed by atoms with E-state index in [2.05, 4.69) is 10.2 Å². The van der Waals surface area contributed by atoms with E-state index in [4.69, 9.17) is 0 Å². The predicted molar refractivity (Wildman–Crippen MR) is 123 cm³/mol. The van der Waals surface area contributed by atoms with E-state index in [1.165, 1.54) is 6.07 Å². The molecular formula is C23H27FN4O2S. The van der Waals surface area contributed by atoms with Gasteiger partial charge in [-0.25, -0.2) is 4.39 Å². The number of para-hydroxylation sites is 1. The van der Waals surface area contributed by atoms with Gasteiger partial charge in [0.25, 0.3) is 5.91 Å². The third-order valence-corrected chi connectivity index (χ3v) is 6.57. The van der Waals surface area contributed by atoms with Crippen molar-refractivity contribution in [1.29, 1.82) is 0 Å². The van der Waals surface area contributed by atoms with Gasteiger partial charge in [-0.1, -0.05) is 18.2 Å². The van der Waals surface area contributed by atoms with Gasteiger partial charge in [0.1, 0.15) is 5.82 Å². The van der Waals surface area contributed by atoms with Crippen LogP contribution in [0.25, 0.3) is 0 Å². The maximum Gasteiger partial charge on any atom is 0.253 e. The third kappa shape index (κ3) is 5.57. The molecule has 2 aromatic carbocycles. The Morgan fingerprint density at radius 1 is 0.935 bits per heavy atom. The third-order valence-electron chi connectivity index (χ3n) is 5.62. The van der Waals surface area contributed by atoms with Crippen molar-refractivity contribution in [2.75, 3.05) is 67.5 Å². The maximum absolute atomic E-state index is 14.0. The average Bonchev–Trinajstić information content (AvgIpc) is 2.80. The first-order valence-electron chi connectivity index (χ1n) is 10.6. The van der Waals surface area contributed by atoms with E-state index in [-0.39, 0.29) is 24.2 Å². The molecule has 2 heterocycles. The van der Waals surface area contributed by atoms with Gasteiger partial charge in [0, 0.05) is 62.0 Å². The topological polar surface area (TPSA) is 55.9 Å². The first-order valence-corrected chi connectivity index (χ1v) is 11.7. The summed E-state index contributed by atoms with van der Waals surface area (Å²) >= 11 is 1.86. The molecule has 0 saturated carbocycles. The summed E-state index contributed by atoms with van der Waals surface area (Å²) in [5.41, 5.74) is 1.84. The molecular weight excluding hydrogens is 415 g/mol. The van der Waals surface area contributed by atoms with Gasteiger partial charge in [-0.3, -0.25) is 14.5 Å². The number of piperazine rings is 1. The van der Waals surface area contributed by atoms with Crippen molar-refractivity contribution in [3.05, 3.63) is 59.9 Å². The lowest BCUT2D eigenvalue weighted by atomic mass is 10.1. The zero-order chi connectivity index (χ0) is 21.6. The number of hydrogen-bond donors (Lipinski definition) is 1. The fraction of sp³-hybridized carbons (Fsp3) is 0.391. The molecule has 8 heteroatoms. The summed E-state index contributed by atoms with van der Waals surface area (Å²) in [6, 6.07) is 13.9. The minimum Gasteiger partial charge on any atom is -0.367 e. The number of nitrogens with zero attached hydrogens (tertiary/aromatic N) is 3. The monoisotopic (exact) mass is 442 g/mol. The molecule has 164 valence electrons. The minimum atomic E-state index is -0.216. The number of carbonyl (C=O) groups excluding carboxylic acids is 2. The molecule has 4 rings (SSSR count). The van der Waals surface area contributed by atoms with Crippen LogP contribution in [0.2, 0.25) is 0 Å². The van der Waals surface area contributed by atoms with Crippen molar-refractivity contribution in [2.24, 2.45) is 0 Å². The Kier molecular flexibility index (Phi) is 7.09. The van der Waals surface area contributed by atoms with Crippen LogP contribution in [0.15, 0.2) is 48.5 Å².